The van der Waals surface area contributed by atoms with Gasteiger partial charge in [0.1, 0.15) is 10.9 Å². The van der Waals surface area contributed by atoms with Crippen LogP contribution in [-0.4, -0.2) is 36.2 Å². The van der Waals surface area contributed by atoms with Gasteiger partial charge in [0.25, 0.3) is 0 Å². The van der Waals surface area contributed by atoms with E-state index < -0.39 is 32.6 Å². The lowest BCUT2D eigenvalue weighted by Crippen LogP contribution is -2.38. The molecule has 1 spiro atoms. The number of fused-ring (bicyclic) bond motifs is 1. The second kappa shape index (κ2) is 4.70. The first kappa shape index (κ1) is 15.4. The smallest absolute Gasteiger partial charge is 0.369 e. The third-order valence-corrected chi connectivity index (χ3v) is 7.48. The molecule has 0 saturated carbocycles. The average Bonchev–Trinajstić information content (AvgIpc) is 3.09. The summed E-state index contributed by atoms with van der Waals surface area (Å²) in [4.78, 5) is 0. The van der Waals surface area contributed by atoms with Crippen molar-refractivity contribution in [2.24, 2.45) is 0 Å². The molecule has 1 aromatic carbocycles. The molecule has 0 amide bonds. The Balaban J connectivity index is 1.56. The van der Waals surface area contributed by atoms with E-state index in [9.17, 15) is 21.6 Å². The van der Waals surface area contributed by atoms with Crippen molar-refractivity contribution < 1.29 is 26.3 Å². The van der Waals surface area contributed by atoms with E-state index in [0.29, 0.717) is 18.5 Å². The summed E-state index contributed by atoms with van der Waals surface area (Å²) in [6.45, 7) is 0.393. The van der Waals surface area contributed by atoms with Crippen LogP contribution in [0.25, 0.3) is 0 Å². The Bertz CT molecular complexity index is 731. The molecule has 3 fully saturated rings. The van der Waals surface area contributed by atoms with Gasteiger partial charge in [-0.1, -0.05) is 12.1 Å². The molecule has 126 valence electrons. The number of alkyl halides is 3. The lowest BCUT2D eigenvalue weighted by atomic mass is 9.88. The SMILES string of the molecule is O=S1(=O)[C@H]2C[C@@H]3CC[C@@]2(CN1Cc1ccc(C(F)(F)F)cc1)O3. The van der Waals surface area contributed by atoms with E-state index in [1.165, 1.54) is 16.4 Å². The molecule has 0 unspecified atom stereocenters. The molecule has 3 aliphatic rings. The van der Waals surface area contributed by atoms with Gasteiger partial charge in [-0.05, 0) is 37.0 Å². The molecule has 3 aliphatic heterocycles. The monoisotopic (exact) mass is 347 g/mol. The highest BCUT2D eigenvalue weighted by Gasteiger charge is 2.65. The maximum Gasteiger partial charge on any atom is 0.416 e. The van der Waals surface area contributed by atoms with Crippen LogP contribution in [-0.2, 0) is 27.5 Å². The number of ether oxygens (including phenoxy) is 1. The second-order valence-corrected chi connectivity index (χ2v) is 8.69. The first-order chi connectivity index (χ1) is 10.7. The van der Waals surface area contributed by atoms with Gasteiger partial charge >= 0.3 is 6.18 Å². The molecular formula is C15H16F3NO3S. The van der Waals surface area contributed by atoms with Crippen LogP contribution in [0.3, 0.4) is 0 Å². The topological polar surface area (TPSA) is 46.6 Å². The molecule has 23 heavy (non-hydrogen) atoms. The zero-order chi connectivity index (χ0) is 16.5. The van der Waals surface area contributed by atoms with E-state index >= 15 is 0 Å². The molecule has 3 heterocycles. The molecule has 0 aliphatic carbocycles. The van der Waals surface area contributed by atoms with Gasteiger partial charge in [0.15, 0.2) is 0 Å². The fourth-order valence-corrected chi connectivity index (χ4v) is 6.38. The van der Waals surface area contributed by atoms with Gasteiger partial charge in [-0.2, -0.15) is 17.5 Å². The van der Waals surface area contributed by atoms with Gasteiger partial charge in [0, 0.05) is 13.1 Å². The normalized spacial score (nSPS) is 35.6. The van der Waals surface area contributed by atoms with E-state index in [-0.39, 0.29) is 12.6 Å². The number of nitrogens with zero attached hydrogens (tertiary/aromatic N) is 1. The Morgan fingerprint density at radius 3 is 2.52 bits per heavy atom. The minimum absolute atomic E-state index is 0.0444. The lowest BCUT2D eigenvalue weighted by molar-refractivity contribution is -0.137. The summed E-state index contributed by atoms with van der Waals surface area (Å²) in [6, 6.07) is 4.64. The predicted octanol–water partition coefficient (Wildman–Crippen LogP) is 2.54. The van der Waals surface area contributed by atoms with E-state index in [1.807, 2.05) is 0 Å². The summed E-state index contributed by atoms with van der Waals surface area (Å²) in [5.41, 5.74) is -0.787. The third-order valence-electron chi connectivity index (χ3n) is 5.16. The van der Waals surface area contributed by atoms with Gasteiger partial charge in [0.05, 0.1) is 11.7 Å². The minimum Gasteiger partial charge on any atom is -0.369 e. The Morgan fingerprint density at radius 2 is 1.96 bits per heavy atom. The van der Waals surface area contributed by atoms with E-state index in [4.69, 9.17) is 4.74 Å². The molecule has 2 bridgehead atoms. The summed E-state index contributed by atoms with van der Waals surface area (Å²) in [5, 5.41) is -0.497. The molecular weight excluding hydrogens is 331 g/mol. The number of hydrogen-bond donors (Lipinski definition) is 0. The molecule has 1 aromatic rings. The van der Waals surface area contributed by atoms with Crippen molar-refractivity contribution in [3.63, 3.8) is 0 Å². The Hall–Kier alpha value is -1.12. The van der Waals surface area contributed by atoms with E-state index in [1.54, 1.807) is 0 Å². The minimum atomic E-state index is -4.39. The Labute approximate surface area is 132 Å². The second-order valence-electron chi connectivity index (χ2n) is 6.58. The first-order valence-electron chi connectivity index (χ1n) is 7.54. The zero-order valence-corrected chi connectivity index (χ0v) is 13.0. The molecule has 8 heteroatoms. The van der Waals surface area contributed by atoms with Crippen LogP contribution in [0.4, 0.5) is 13.2 Å². The molecule has 4 nitrogen and oxygen atoms in total. The summed E-state index contributed by atoms with van der Waals surface area (Å²) in [7, 11) is -3.46. The molecule has 3 atom stereocenters. The van der Waals surface area contributed by atoms with Crippen molar-refractivity contribution in [2.45, 2.75) is 48.9 Å². The highest BCUT2D eigenvalue weighted by molar-refractivity contribution is 7.90. The van der Waals surface area contributed by atoms with Gasteiger partial charge < -0.3 is 4.74 Å². The van der Waals surface area contributed by atoms with Gasteiger partial charge in [-0.15, -0.1) is 0 Å². The van der Waals surface area contributed by atoms with Crippen molar-refractivity contribution in [1.82, 2.24) is 4.31 Å². The van der Waals surface area contributed by atoms with Crippen molar-refractivity contribution >= 4 is 10.0 Å². The van der Waals surface area contributed by atoms with Crippen molar-refractivity contribution in [3.05, 3.63) is 35.4 Å². The van der Waals surface area contributed by atoms with Crippen molar-refractivity contribution in [3.8, 4) is 0 Å². The fourth-order valence-electron chi connectivity index (χ4n) is 4.04. The summed E-state index contributed by atoms with van der Waals surface area (Å²) >= 11 is 0. The van der Waals surface area contributed by atoms with E-state index in [0.717, 1.165) is 25.0 Å². The highest BCUT2D eigenvalue weighted by atomic mass is 32.2. The van der Waals surface area contributed by atoms with Crippen LogP contribution in [0.5, 0.6) is 0 Å². The number of rotatable bonds is 2. The largest absolute Gasteiger partial charge is 0.416 e. The third kappa shape index (κ3) is 2.30. The quantitative estimate of drug-likeness (QED) is 0.826. The molecule has 0 radical (unpaired) electrons. The van der Waals surface area contributed by atoms with Crippen LogP contribution in [0.15, 0.2) is 24.3 Å². The van der Waals surface area contributed by atoms with Crippen molar-refractivity contribution in [1.29, 1.82) is 0 Å². The summed E-state index contributed by atoms with van der Waals surface area (Å²) < 4.78 is 70.3. The standard InChI is InChI=1S/C15H16F3NO3S/c16-15(17,18)11-3-1-10(2-4-11)8-19-9-14-6-5-12(22-14)7-13(14)23(19,20)21/h1-4,12-13H,5-9H2/t12-,13-,14-/m0/s1. The highest BCUT2D eigenvalue weighted by Crippen LogP contribution is 2.52. The number of halogens is 3. The Kier molecular flexibility index (Phi) is 3.15. The van der Waals surface area contributed by atoms with Crippen LogP contribution < -0.4 is 0 Å². The maximum atomic E-state index is 12.7. The van der Waals surface area contributed by atoms with Crippen molar-refractivity contribution in [2.75, 3.05) is 6.54 Å². The van der Waals surface area contributed by atoms with Crippen LogP contribution in [0.1, 0.15) is 30.4 Å². The predicted molar refractivity (Wildman–Crippen MR) is 76.0 cm³/mol. The van der Waals surface area contributed by atoms with Crippen LogP contribution in [0, 0.1) is 0 Å². The van der Waals surface area contributed by atoms with Crippen LogP contribution >= 0.6 is 0 Å². The summed E-state index contributed by atoms with van der Waals surface area (Å²) in [6.07, 6.45) is -2.18. The molecule has 0 N–H and O–H groups in total. The number of sulfonamides is 1. The number of benzene rings is 1. The van der Waals surface area contributed by atoms with Gasteiger partial charge in [-0.3, -0.25) is 0 Å². The van der Waals surface area contributed by atoms with Crippen LogP contribution in [0.2, 0.25) is 0 Å². The average molecular weight is 347 g/mol. The number of hydrogen-bond acceptors (Lipinski definition) is 3. The van der Waals surface area contributed by atoms with Gasteiger partial charge in [-0.25, -0.2) is 8.42 Å². The van der Waals surface area contributed by atoms with E-state index in [2.05, 4.69) is 0 Å². The Morgan fingerprint density at radius 1 is 1.26 bits per heavy atom. The maximum absolute atomic E-state index is 12.7. The molecule has 4 rings (SSSR count). The molecule has 0 aromatic heterocycles. The fraction of sp³-hybridized carbons (Fsp3) is 0.600. The summed E-state index contributed by atoms with van der Waals surface area (Å²) in [5.74, 6) is 0. The molecule has 3 saturated heterocycles. The zero-order valence-electron chi connectivity index (χ0n) is 12.2. The van der Waals surface area contributed by atoms with Gasteiger partial charge in [0.2, 0.25) is 10.0 Å². The first-order valence-corrected chi connectivity index (χ1v) is 9.04. The lowest BCUT2D eigenvalue weighted by Gasteiger charge is -2.21.